The minimum Gasteiger partial charge on any atom is -0.383 e. The van der Waals surface area contributed by atoms with Crippen LogP contribution < -0.4 is 16.0 Å². The van der Waals surface area contributed by atoms with Crippen LogP contribution in [0.25, 0.3) is 22.0 Å². The highest BCUT2D eigenvalue weighted by molar-refractivity contribution is 6.08. The summed E-state index contributed by atoms with van der Waals surface area (Å²) < 4.78 is 18.0. The average molecular weight is 450 g/mol. The molecule has 33 heavy (non-hydrogen) atoms. The van der Waals surface area contributed by atoms with E-state index in [-0.39, 0.29) is 18.1 Å². The van der Waals surface area contributed by atoms with Crippen LogP contribution in [0, 0.1) is 0 Å². The van der Waals surface area contributed by atoms with Gasteiger partial charge in [-0.2, -0.15) is 0 Å². The minimum absolute atomic E-state index is 0.146. The van der Waals surface area contributed by atoms with Crippen molar-refractivity contribution in [1.29, 1.82) is 0 Å². The number of aromatic nitrogens is 1. The van der Waals surface area contributed by atoms with E-state index in [1.165, 1.54) is 7.11 Å². The highest BCUT2D eigenvalue weighted by atomic mass is 19.1. The molecule has 0 spiro atoms. The number of hydrogen-bond acceptors (Lipinski definition) is 5. The number of nitrogens with zero attached hydrogens (tertiary/aromatic N) is 1. The molecule has 1 aromatic heterocycles. The van der Waals surface area contributed by atoms with Gasteiger partial charge in [0.05, 0.1) is 18.8 Å². The predicted octanol–water partition coefficient (Wildman–Crippen LogP) is 2.82. The SMILES string of the molecule is C=C(F)C(=O)Nc1cccc2ccc(-c3cccc(C(=O)NCC(=O)NCCOC)n3)cc12. The first kappa shape index (κ1) is 23.6. The van der Waals surface area contributed by atoms with Gasteiger partial charge in [0.15, 0.2) is 5.83 Å². The molecule has 0 saturated heterocycles. The largest absolute Gasteiger partial charge is 0.383 e. The van der Waals surface area contributed by atoms with Crippen LogP contribution in [0.15, 0.2) is 67.0 Å². The van der Waals surface area contributed by atoms with Crippen LogP contribution in [0.5, 0.6) is 0 Å². The summed E-state index contributed by atoms with van der Waals surface area (Å²) in [6, 6.07) is 15.7. The van der Waals surface area contributed by atoms with E-state index in [9.17, 15) is 18.8 Å². The molecule has 0 fully saturated rings. The topological polar surface area (TPSA) is 109 Å². The highest BCUT2D eigenvalue weighted by Gasteiger charge is 2.13. The quantitative estimate of drug-likeness (QED) is 0.343. The van der Waals surface area contributed by atoms with E-state index in [0.29, 0.717) is 35.5 Å². The summed E-state index contributed by atoms with van der Waals surface area (Å²) in [7, 11) is 1.53. The van der Waals surface area contributed by atoms with Gasteiger partial charge in [0.25, 0.3) is 11.8 Å². The van der Waals surface area contributed by atoms with Crippen LogP contribution in [-0.4, -0.2) is 49.5 Å². The predicted molar refractivity (Wildman–Crippen MR) is 123 cm³/mol. The van der Waals surface area contributed by atoms with Crippen LogP contribution >= 0.6 is 0 Å². The smallest absolute Gasteiger partial charge is 0.283 e. The zero-order chi connectivity index (χ0) is 23.8. The van der Waals surface area contributed by atoms with Gasteiger partial charge in [-0.1, -0.05) is 36.9 Å². The monoisotopic (exact) mass is 450 g/mol. The number of halogens is 1. The van der Waals surface area contributed by atoms with E-state index in [1.54, 1.807) is 36.4 Å². The van der Waals surface area contributed by atoms with Crippen molar-refractivity contribution in [3.8, 4) is 11.3 Å². The number of carbonyl (C=O) groups is 3. The number of rotatable bonds is 9. The van der Waals surface area contributed by atoms with Crippen molar-refractivity contribution >= 4 is 34.2 Å². The molecule has 0 radical (unpaired) electrons. The molecule has 0 atom stereocenters. The van der Waals surface area contributed by atoms with E-state index in [4.69, 9.17) is 4.74 Å². The number of hydrogen-bond donors (Lipinski definition) is 3. The van der Waals surface area contributed by atoms with Crippen LogP contribution in [0.1, 0.15) is 10.5 Å². The van der Waals surface area contributed by atoms with Crippen molar-refractivity contribution in [2.24, 2.45) is 0 Å². The first-order valence-corrected chi connectivity index (χ1v) is 10.1. The summed E-state index contributed by atoms with van der Waals surface area (Å²) in [5.41, 5.74) is 1.78. The molecule has 3 rings (SSSR count). The summed E-state index contributed by atoms with van der Waals surface area (Å²) >= 11 is 0. The lowest BCUT2D eigenvalue weighted by Crippen LogP contribution is -2.38. The number of methoxy groups -OCH3 is 1. The Hall–Kier alpha value is -4.11. The second-order valence-electron chi connectivity index (χ2n) is 7.03. The summed E-state index contributed by atoms with van der Waals surface area (Å²) in [6.07, 6.45) is 0. The Morgan fingerprint density at radius 3 is 2.61 bits per heavy atom. The maximum atomic E-state index is 13.2. The zero-order valence-electron chi connectivity index (χ0n) is 18.0. The van der Waals surface area contributed by atoms with Gasteiger partial charge in [-0.3, -0.25) is 14.4 Å². The number of fused-ring (bicyclic) bond motifs is 1. The third-order valence-corrected chi connectivity index (χ3v) is 4.69. The standard InChI is InChI=1S/C24H23FN4O4/c1-15(25)23(31)29-20-7-3-5-16-9-10-17(13-18(16)20)19-6-4-8-21(28-19)24(32)27-14-22(30)26-11-12-33-2/h3-10,13H,1,11-12,14H2,2H3,(H,26,30)(H,27,32)(H,29,31). The zero-order valence-corrected chi connectivity index (χ0v) is 18.0. The van der Waals surface area contributed by atoms with Crippen LogP contribution in [0.2, 0.25) is 0 Å². The number of pyridine rings is 1. The Balaban J connectivity index is 1.79. The maximum absolute atomic E-state index is 13.2. The molecule has 2 aromatic carbocycles. The number of ether oxygens (including phenoxy) is 1. The van der Waals surface area contributed by atoms with Gasteiger partial charge in [0, 0.05) is 30.3 Å². The van der Waals surface area contributed by atoms with Gasteiger partial charge < -0.3 is 20.7 Å². The molecular weight excluding hydrogens is 427 g/mol. The fourth-order valence-electron chi connectivity index (χ4n) is 3.06. The molecule has 0 aliphatic heterocycles. The van der Waals surface area contributed by atoms with Gasteiger partial charge in [-0.25, -0.2) is 9.37 Å². The normalized spacial score (nSPS) is 10.5. The Morgan fingerprint density at radius 2 is 1.85 bits per heavy atom. The fourth-order valence-corrected chi connectivity index (χ4v) is 3.06. The fraction of sp³-hybridized carbons (Fsp3) is 0.167. The van der Waals surface area contributed by atoms with Crippen LogP contribution in [0.4, 0.5) is 10.1 Å². The van der Waals surface area contributed by atoms with Crippen molar-refractivity contribution in [1.82, 2.24) is 15.6 Å². The molecule has 3 aromatic rings. The van der Waals surface area contributed by atoms with Crippen LogP contribution in [-0.2, 0) is 14.3 Å². The van der Waals surface area contributed by atoms with E-state index < -0.39 is 17.6 Å². The Kier molecular flexibility index (Phi) is 7.82. The van der Waals surface area contributed by atoms with Crippen molar-refractivity contribution in [2.75, 3.05) is 32.1 Å². The highest BCUT2D eigenvalue weighted by Crippen LogP contribution is 2.29. The van der Waals surface area contributed by atoms with Gasteiger partial charge in [0.1, 0.15) is 5.69 Å². The number of carbonyl (C=O) groups excluding carboxylic acids is 3. The van der Waals surface area contributed by atoms with Crippen molar-refractivity contribution < 1.29 is 23.5 Å². The second kappa shape index (κ2) is 11.0. The minimum atomic E-state index is -1.09. The molecule has 9 heteroatoms. The molecular formula is C24H23FN4O4. The van der Waals surface area contributed by atoms with Crippen molar-refractivity contribution in [2.45, 2.75) is 0 Å². The Morgan fingerprint density at radius 1 is 1.06 bits per heavy atom. The molecule has 0 bridgehead atoms. The Labute approximate surface area is 189 Å². The van der Waals surface area contributed by atoms with Crippen molar-refractivity contribution in [3.63, 3.8) is 0 Å². The summed E-state index contributed by atoms with van der Waals surface area (Å²) in [5.74, 6) is -2.84. The van der Waals surface area contributed by atoms with Gasteiger partial charge in [-0.05, 0) is 29.7 Å². The molecule has 8 nitrogen and oxygen atoms in total. The number of anilines is 1. The summed E-state index contributed by atoms with van der Waals surface area (Å²) in [6.45, 7) is 3.55. The Bertz CT molecular complexity index is 1210. The molecule has 170 valence electrons. The molecule has 3 amide bonds. The lowest BCUT2D eigenvalue weighted by atomic mass is 10.0. The molecule has 1 heterocycles. The van der Waals surface area contributed by atoms with E-state index in [0.717, 1.165) is 5.39 Å². The first-order chi connectivity index (χ1) is 15.9. The van der Waals surface area contributed by atoms with Gasteiger partial charge in [0.2, 0.25) is 5.91 Å². The molecule has 3 N–H and O–H groups in total. The van der Waals surface area contributed by atoms with E-state index >= 15 is 0 Å². The lowest BCUT2D eigenvalue weighted by molar-refractivity contribution is -0.120. The van der Waals surface area contributed by atoms with Gasteiger partial charge in [-0.15, -0.1) is 0 Å². The molecule has 0 unspecified atom stereocenters. The second-order valence-corrected chi connectivity index (χ2v) is 7.03. The maximum Gasteiger partial charge on any atom is 0.283 e. The molecule has 0 saturated carbocycles. The molecule has 0 aliphatic rings. The average Bonchev–Trinajstić information content (AvgIpc) is 2.82. The first-order valence-electron chi connectivity index (χ1n) is 10.1. The van der Waals surface area contributed by atoms with E-state index in [1.807, 2.05) is 18.2 Å². The third-order valence-electron chi connectivity index (χ3n) is 4.69. The van der Waals surface area contributed by atoms with Gasteiger partial charge >= 0.3 is 0 Å². The summed E-state index contributed by atoms with van der Waals surface area (Å²) in [5, 5.41) is 9.14. The lowest BCUT2D eigenvalue weighted by Gasteiger charge is -2.10. The number of benzene rings is 2. The van der Waals surface area contributed by atoms with E-state index in [2.05, 4.69) is 27.5 Å². The number of nitrogens with one attached hydrogen (secondary N) is 3. The van der Waals surface area contributed by atoms with Crippen molar-refractivity contribution in [3.05, 3.63) is 72.7 Å². The molecule has 0 aliphatic carbocycles. The number of amides is 3. The van der Waals surface area contributed by atoms with Crippen LogP contribution in [0.3, 0.4) is 0 Å². The third kappa shape index (κ3) is 6.20. The summed E-state index contributed by atoms with van der Waals surface area (Å²) in [4.78, 5) is 40.3.